The molecule has 4 heteroatoms. The molecule has 3 nitrogen and oxygen atoms in total. The summed E-state index contributed by atoms with van der Waals surface area (Å²) in [4.78, 5) is 0. The highest BCUT2D eigenvalue weighted by Crippen LogP contribution is 2.18. The van der Waals surface area contributed by atoms with E-state index in [2.05, 4.69) is 15.9 Å². The lowest BCUT2D eigenvalue weighted by atomic mass is 10.3. The van der Waals surface area contributed by atoms with Gasteiger partial charge in [-0.1, -0.05) is 22.0 Å². The number of hydrogen-bond acceptors (Lipinski definition) is 3. The normalized spacial score (nSPS) is 10.1. The van der Waals surface area contributed by atoms with Gasteiger partial charge in [0.05, 0.1) is 0 Å². The largest absolute Gasteiger partial charge is 0.508 e. The molecule has 0 aromatic heterocycles. The summed E-state index contributed by atoms with van der Waals surface area (Å²) in [5.41, 5.74) is 0. The molecule has 0 aliphatic carbocycles. The fraction of sp³-hybridized carbons (Fsp3) is 0.143. The van der Waals surface area contributed by atoms with Gasteiger partial charge in [-0.2, -0.15) is 0 Å². The van der Waals surface area contributed by atoms with Gasteiger partial charge < -0.3 is 14.6 Å². The topological polar surface area (TPSA) is 38.7 Å². The summed E-state index contributed by atoms with van der Waals surface area (Å²) in [6.45, 7) is 0.925. The minimum absolute atomic E-state index is 0.229. The summed E-state index contributed by atoms with van der Waals surface area (Å²) in [6, 6.07) is 14.3. The minimum Gasteiger partial charge on any atom is -0.508 e. The van der Waals surface area contributed by atoms with Gasteiger partial charge >= 0.3 is 0 Å². The Morgan fingerprint density at radius 1 is 0.889 bits per heavy atom. The summed E-state index contributed by atoms with van der Waals surface area (Å²) in [6.07, 6.45) is 0. The quantitative estimate of drug-likeness (QED) is 0.858. The highest BCUT2D eigenvalue weighted by molar-refractivity contribution is 9.10. The first-order chi connectivity index (χ1) is 8.74. The predicted octanol–water partition coefficient (Wildman–Crippen LogP) is 3.61. The molecule has 2 aromatic carbocycles. The molecule has 18 heavy (non-hydrogen) atoms. The molecule has 0 aliphatic rings. The average molecular weight is 309 g/mol. The minimum atomic E-state index is 0.229. The molecule has 0 saturated heterocycles. The number of rotatable bonds is 5. The second kappa shape index (κ2) is 6.31. The standard InChI is InChI=1S/C14H13BrO3/c15-11-2-1-3-14(10-11)18-9-8-17-13-6-4-12(16)5-7-13/h1-7,10,16H,8-9H2. The van der Waals surface area contributed by atoms with E-state index in [0.717, 1.165) is 10.2 Å². The van der Waals surface area contributed by atoms with Gasteiger partial charge in [0.2, 0.25) is 0 Å². The molecule has 0 aliphatic heterocycles. The lowest BCUT2D eigenvalue weighted by Crippen LogP contribution is -2.08. The van der Waals surface area contributed by atoms with E-state index in [1.54, 1.807) is 24.3 Å². The van der Waals surface area contributed by atoms with Crippen LogP contribution in [-0.2, 0) is 0 Å². The van der Waals surface area contributed by atoms with Crippen LogP contribution in [0.3, 0.4) is 0 Å². The van der Waals surface area contributed by atoms with E-state index in [9.17, 15) is 0 Å². The SMILES string of the molecule is Oc1ccc(OCCOc2cccc(Br)c2)cc1. The smallest absolute Gasteiger partial charge is 0.122 e. The highest BCUT2D eigenvalue weighted by Gasteiger charge is 1.96. The zero-order valence-corrected chi connectivity index (χ0v) is 11.3. The third kappa shape index (κ3) is 3.96. The van der Waals surface area contributed by atoms with Gasteiger partial charge in [-0.05, 0) is 42.5 Å². The van der Waals surface area contributed by atoms with Crippen LogP contribution in [0.1, 0.15) is 0 Å². The van der Waals surface area contributed by atoms with E-state index in [1.807, 2.05) is 24.3 Å². The number of halogens is 1. The molecule has 0 heterocycles. The van der Waals surface area contributed by atoms with E-state index in [0.29, 0.717) is 19.0 Å². The maximum Gasteiger partial charge on any atom is 0.122 e. The van der Waals surface area contributed by atoms with Gasteiger partial charge in [-0.25, -0.2) is 0 Å². The van der Waals surface area contributed by atoms with Gasteiger partial charge in [-0.15, -0.1) is 0 Å². The molecular formula is C14H13BrO3. The molecule has 0 atom stereocenters. The van der Waals surface area contributed by atoms with E-state index in [-0.39, 0.29) is 5.75 Å². The summed E-state index contributed by atoms with van der Waals surface area (Å²) in [7, 11) is 0. The van der Waals surface area contributed by atoms with Crippen molar-refractivity contribution in [1.29, 1.82) is 0 Å². The van der Waals surface area contributed by atoms with Crippen molar-refractivity contribution in [3.8, 4) is 17.2 Å². The average Bonchev–Trinajstić information content (AvgIpc) is 2.37. The zero-order valence-electron chi connectivity index (χ0n) is 9.67. The third-order valence-corrected chi connectivity index (χ3v) is 2.75. The second-order valence-corrected chi connectivity index (χ2v) is 4.56. The van der Waals surface area contributed by atoms with Crippen molar-refractivity contribution in [2.75, 3.05) is 13.2 Å². The van der Waals surface area contributed by atoms with Crippen molar-refractivity contribution in [3.63, 3.8) is 0 Å². The Morgan fingerprint density at radius 3 is 2.22 bits per heavy atom. The van der Waals surface area contributed by atoms with Crippen molar-refractivity contribution in [3.05, 3.63) is 53.0 Å². The number of phenols is 1. The summed E-state index contributed by atoms with van der Waals surface area (Å²) in [5.74, 6) is 1.75. The molecular weight excluding hydrogens is 296 g/mol. The lowest BCUT2D eigenvalue weighted by molar-refractivity contribution is 0.217. The second-order valence-electron chi connectivity index (χ2n) is 3.65. The molecule has 0 amide bonds. The van der Waals surface area contributed by atoms with Gasteiger partial charge in [0, 0.05) is 4.47 Å². The number of phenolic OH excluding ortho intramolecular Hbond substituents is 1. The number of benzene rings is 2. The molecule has 2 rings (SSSR count). The Labute approximate surface area is 114 Å². The van der Waals surface area contributed by atoms with Crippen LogP contribution >= 0.6 is 15.9 Å². The number of hydrogen-bond donors (Lipinski definition) is 1. The zero-order chi connectivity index (χ0) is 12.8. The number of aromatic hydroxyl groups is 1. The maximum atomic E-state index is 9.12. The third-order valence-electron chi connectivity index (χ3n) is 2.25. The van der Waals surface area contributed by atoms with Crippen LogP contribution in [0.25, 0.3) is 0 Å². The molecule has 0 saturated carbocycles. The fourth-order valence-corrected chi connectivity index (χ4v) is 1.80. The van der Waals surface area contributed by atoms with Crippen LogP contribution in [0, 0.1) is 0 Å². The van der Waals surface area contributed by atoms with Crippen molar-refractivity contribution >= 4 is 15.9 Å². The van der Waals surface area contributed by atoms with E-state index in [1.165, 1.54) is 0 Å². The lowest BCUT2D eigenvalue weighted by Gasteiger charge is -2.08. The molecule has 94 valence electrons. The summed E-state index contributed by atoms with van der Waals surface area (Å²) >= 11 is 3.38. The van der Waals surface area contributed by atoms with E-state index in [4.69, 9.17) is 14.6 Å². The van der Waals surface area contributed by atoms with Gasteiger partial charge in [0.1, 0.15) is 30.5 Å². The monoisotopic (exact) mass is 308 g/mol. The highest BCUT2D eigenvalue weighted by atomic mass is 79.9. The van der Waals surface area contributed by atoms with Crippen molar-refractivity contribution in [2.45, 2.75) is 0 Å². The number of ether oxygens (including phenoxy) is 2. The van der Waals surface area contributed by atoms with Gasteiger partial charge in [0.15, 0.2) is 0 Å². The van der Waals surface area contributed by atoms with Crippen LogP contribution < -0.4 is 9.47 Å². The molecule has 0 spiro atoms. The molecule has 1 N–H and O–H groups in total. The van der Waals surface area contributed by atoms with Gasteiger partial charge in [-0.3, -0.25) is 0 Å². The first-order valence-corrected chi connectivity index (χ1v) is 6.33. The summed E-state index contributed by atoms with van der Waals surface area (Å²) in [5, 5.41) is 9.12. The van der Waals surface area contributed by atoms with E-state index >= 15 is 0 Å². The van der Waals surface area contributed by atoms with Gasteiger partial charge in [0.25, 0.3) is 0 Å². The maximum absolute atomic E-state index is 9.12. The molecule has 0 radical (unpaired) electrons. The van der Waals surface area contributed by atoms with Crippen LogP contribution in [0.2, 0.25) is 0 Å². The Morgan fingerprint density at radius 2 is 1.56 bits per heavy atom. The van der Waals surface area contributed by atoms with Crippen LogP contribution in [0.5, 0.6) is 17.2 Å². The Balaban J connectivity index is 1.74. The van der Waals surface area contributed by atoms with Crippen molar-refractivity contribution in [2.24, 2.45) is 0 Å². The Kier molecular flexibility index (Phi) is 4.47. The molecule has 0 fully saturated rings. The van der Waals surface area contributed by atoms with E-state index < -0.39 is 0 Å². The van der Waals surface area contributed by atoms with Crippen molar-refractivity contribution < 1.29 is 14.6 Å². The first kappa shape index (κ1) is 12.8. The Bertz CT molecular complexity index is 497. The molecule has 0 unspecified atom stereocenters. The van der Waals surface area contributed by atoms with Crippen LogP contribution in [-0.4, -0.2) is 18.3 Å². The van der Waals surface area contributed by atoms with Crippen molar-refractivity contribution in [1.82, 2.24) is 0 Å². The summed E-state index contributed by atoms with van der Waals surface area (Å²) < 4.78 is 12.0. The molecule has 0 bridgehead atoms. The first-order valence-electron chi connectivity index (χ1n) is 5.54. The Hall–Kier alpha value is -1.68. The van der Waals surface area contributed by atoms with Crippen LogP contribution in [0.4, 0.5) is 0 Å². The predicted molar refractivity (Wildman–Crippen MR) is 73.2 cm³/mol. The fourth-order valence-electron chi connectivity index (χ4n) is 1.42. The molecule has 2 aromatic rings. The van der Waals surface area contributed by atoms with Crippen LogP contribution in [0.15, 0.2) is 53.0 Å².